The van der Waals surface area contributed by atoms with Gasteiger partial charge in [-0.05, 0) is 31.4 Å². The van der Waals surface area contributed by atoms with E-state index < -0.39 is 15.6 Å². The Kier molecular flexibility index (Phi) is 5.18. The normalized spacial score (nSPS) is 22.0. The summed E-state index contributed by atoms with van der Waals surface area (Å²) in [6, 6.07) is 6.56. The number of oxazole rings is 1. The van der Waals surface area contributed by atoms with Crippen LogP contribution in [0.5, 0.6) is 0 Å². The largest absolute Gasteiger partial charge is 0.445 e. The molecule has 0 aliphatic carbocycles. The van der Waals surface area contributed by atoms with E-state index in [9.17, 15) is 12.8 Å². The first-order valence-corrected chi connectivity index (χ1v) is 9.98. The molecule has 1 atom stereocenters. The molecular weight excluding hydrogens is 357 g/mol. The van der Waals surface area contributed by atoms with Gasteiger partial charge in [-0.25, -0.2) is 9.37 Å². The molecule has 0 radical (unpaired) electrons. The second-order valence-corrected chi connectivity index (χ2v) is 9.33. The molecule has 6 nitrogen and oxygen atoms in total. The molecule has 0 N–H and O–H groups in total. The van der Waals surface area contributed by atoms with Crippen LogP contribution in [0.4, 0.5) is 4.39 Å². The minimum atomic E-state index is -3.48. The van der Waals surface area contributed by atoms with Crippen molar-refractivity contribution in [3.63, 3.8) is 0 Å². The quantitative estimate of drug-likeness (QED) is 0.798. The summed E-state index contributed by atoms with van der Waals surface area (Å²) < 4.78 is 47.3. The van der Waals surface area contributed by atoms with E-state index in [2.05, 4.69) is 4.98 Å². The molecule has 1 aromatic carbocycles. The molecule has 0 saturated carbocycles. The molecule has 2 aromatic rings. The summed E-state index contributed by atoms with van der Waals surface area (Å²) in [6.07, 6.45) is 3.43. The van der Waals surface area contributed by atoms with Gasteiger partial charge in [-0.15, -0.1) is 0 Å². The summed E-state index contributed by atoms with van der Waals surface area (Å²) in [5.74, 6) is 0.791. The zero-order valence-electron chi connectivity index (χ0n) is 15.3. The molecule has 0 amide bonds. The van der Waals surface area contributed by atoms with Crippen molar-refractivity contribution in [2.75, 3.05) is 27.2 Å². The van der Waals surface area contributed by atoms with Gasteiger partial charge in [0.05, 0.1) is 11.6 Å². The fourth-order valence-corrected chi connectivity index (χ4v) is 4.56. The van der Waals surface area contributed by atoms with Crippen molar-refractivity contribution in [1.82, 2.24) is 13.6 Å². The molecule has 1 aromatic heterocycles. The van der Waals surface area contributed by atoms with Crippen molar-refractivity contribution in [1.29, 1.82) is 0 Å². The molecule has 3 rings (SSSR count). The highest BCUT2D eigenvalue weighted by atomic mass is 32.2. The van der Waals surface area contributed by atoms with Crippen molar-refractivity contribution < 1.29 is 17.2 Å². The number of hydrogen-bond acceptors (Lipinski definition) is 4. The fraction of sp³-hybridized carbons (Fsp3) is 0.500. The Balaban J connectivity index is 1.80. The maximum absolute atomic E-state index is 13.8. The SMILES string of the molecule is CN(C)S(=O)(=O)N1CCC[C@@](C)(c2ncc(Cc3ccccc3F)o2)C1. The molecule has 142 valence electrons. The number of halogens is 1. The first kappa shape index (κ1) is 19.0. The van der Waals surface area contributed by atoms with Gasteiger partial charge in [0.2, 0.25) is 5.89 Å². The van der Waals surface area contributed by atoms with E-state index in [-0.39, 0.29) is 5.82 Å². The number of benzene rings is 1. The summed E-state index contributed by atoms with van der Waals surface area (Å²) in [4.78, 5) is 4.37. The maximum atomic E-state index is 13.8. The van der Waals surface area contributed by atoms with Crippen LogP contribution >= 0.6 is 0 Å². The van der Waals surface area contributed by atoms with Gasteiger partial charge in [0.25, 0.3) is 10.2 Å². The van der Waals surface area contributed by atoms with E-state index in [1.165, 1.54) is 28.8 Å². The van der Waals surface area contributed by atoms with Crippen LogP contribution in [0, 0.1) is 5.82 Å². The van der Waals surface area contributed by atoms with Gasteiger partial charge in [0.15, 0.2) is 0 Å². The lowest BCUT2D eigenvalue weighted by Crippen LogP contribution is -2.50. The first-order chi connectivity index (χ1) is 12.2. The lowest BCUT2D eigenvalue weighted by atomic mass is 9.83. The second kappa shape index (κ2) is 7.09. The van der Waals surface area contributed by atoms with E-state index >= 15 is 0 Å². The maximum Gasteiger partial charge on any atom is 0.281 e. The third-order valence-electron chi connectivity index (χ3n) is 4.84. The molecule has 1 fully saturated rings. The topological polar surface area (TPSA) is 66.7 Å². The van der Waals surface area contributed by atoms with Gasteiger partial charge < -0.3 is 4.42 Å². The second-order valence-electron chi connectivity index (χ2n) is 7.19. The van der Waals surface area contributed by atoms with Crippen LogP contribution in [-0.4, -0.2) is 49.2 Å². The molecule has 1 aliphatic rings. The molecule has 8 heteroatoms. The van der Waals surface area contributed by atoms with Crippen LogP contribution in [0.2, 0.25) is 0 Å². The molecule has 1 saturated heterocycles. The highest BCUT2D eigenvalue weighted by molar-refractivity contribution is 7.86. The lowest BCUT2D eigenvalue weighted by molar-refractivity contribution is 0.196. The predicted octanol–water partition coefficient (Wildman–Crippen LogP) is 2.56. The molecule has 0 spiro atoms. The van der Waals surface area contributed by atoms with Crippen LogP contribution in [0.1, 0.15) is 37.0 Å². The third-order valence-corrected chi connectivity index (χ3v) is 6.73. The summed E-state index contributed by atoms with van der Waals surface area (Å²) in [5.41, 5.74) is 0.0373. The van der Waals surface area contributed by atoms with Gasteiger partial charge in [0.1, 0.15) is 11.6 Å². The lowest BCUT2D eigenvalue weighted by Gasteiger charge is -2.38. The highest BCUT2D eigenvalue weighted by Gasteiger charge is 2.41. The van der Waals surface area contributed by atoms with E-state index in [4.69, 9.17) is 4.42 Å². The Morgan fingerprint density at radius 3 is 2.77 bits per heavy atom. The van der Waals surface area contributed by atoms with Crippen LogP contribution in [0.15, 0.2) is 34.9 Å². The zero-order chi connectivity index (χ0) is 18.9. The summed E-state index contributed by atoms with van der Waals surface area (Å²) >= 11 is 0. The minimum Gasteiger partial charge on any atom is -0.445 e. The van der Waals surface area contributed by atoms with Crippen molar-refractivity contribution in [2.24, 2.45) is 0 Å². The van der Waals surface area contributed by atoms with Gasteiger partial charge in [-0.2, -0.15) is 17.0 Å². The fourth-order valence-electron chi connectivity index (χ4n) is 3.29. The third kappa shape index (κ3) is 3.67. The number of hydrogen-bond donors (Lipinski definition) is 0. The highest BCUT2D eigenvalue weighted by Crippen LogP contribution is 2.35. The van der Waals surface area contributed by atoms with Crippen molar-refractivity contribution in [3.05, 3.63) is 53.5 Å². The van der Waals surface area contributed by atoms with Gasteiger partial charge in [-0.1, -0.05) is 18.2 Å². The predicted molar refractivity (Wildman–Crippen MR) is 96.5 cm³/mol. The average molecular weight is 381 g/mol. The first-order valence-electron chi connectivity index (χ1n) is 8.58. The van der Waals surface area contributed by atoms with Gasteiger partial charge >= 0.3 is 0 Å². The minimum absolute atomic E-state index is 0.280. The molecule has 0 bridgehead atoms. The summed E-state index contributed by atoms with van der Waals surface area (Å²) in [6.45, 7) is 2.76. The Bertz CT molecular complexity index is 881. The van der Waals surface area contributed by atoms with Crippen LogP contribution in [0.3, 0.4) is 0 Å². The van der Waals surface area contributed by atoms with E-state index in [0.29, 0.717) is 36.7 Å². The number of rotatable bonds is 5. The van der Waals surface area contributed by atoms with Gasteiger partial charge in [-0.3, -0.25) is 0 Å². The standard InChI is InChI=1S/C18H24FN3O3S/c1-18(9-6-10-22(13-18)26(23,24)21(2)3)17-20-12-15(25-17)11-14-7-4-5-8-16(14)19/h4-5,7-8,12H,6,9-11,13H2,1-3H3/t18-/m1/s1. The van der Waals surface area contributed by atoms with Gasteiger partial charge in [0, 0.05) is 33.6 Å². The monoisotopic (exact) mass is 381 g/mol. The number of aromatic nitrogens is 1. The van der Waals surface area contributed by atoms with E-state index in [0.717, 1.165) is 12.8 Å². The Morgan fingerprint density at radius 1 is 1.35 bits per heavy atom. The van der Waals surface area contributed by atoms with Crippen LogP contribution in [-0.2, 0) is 22.0 Å². The van der Waals surface area contributed by atoms with Crippen molar-refractivity contribution in [3.8, 4) is 0 Å². The molecule has 0 unspecified atom stereocenters. The molecule has 1 aliphatic heterocycles. The Labute approximate surface area is 153 Å². The average Bonchev–Trinajstić information content (AvgIpc) is 3.06. The smallest absolute Gasteiger partial charge is 0.281 e. The summed E-state index contributed by atoms with van der Waals surface area (Å²) in [7, 11) is -0.425. The Hall–Kier alpha value is -1.77. The number of nitrogens with zero attached hydrogens (tertiary/aromatic N) is 3. The molecule has 26 heavy (non-hydrogen) atoms. The number of piperidine rings is 1. The van der Waals surface area contributed by atoms with Crippen molar-refractivity contribution in [2.45, 2.75) is 31.6 Å². The molecule has 2 heterocycles. The zero-order valence-corrected chi connectivity index (χ0v) is 16.1. The van der Waals surface area contributed by atoms with Crippen LogP contribution in [0.25, 0.3) is 0 Å². The van der Waals surface area contributed by atoms with Crippen molar-refractivity contribution >= 4 is 10.2 Å². The summed E-state index contributed by atoms with van der Waals surface area (Å²) in [5, 5.41) is 0. The Morgan fingerprint density at radius 2 is 2.08 bits per heavy atom. The van der Waals surface area contributed by atoms with E-state index in [1.807, 2.05) is 6.92 Å². The van der Waals surface area contributed by atoms with E-state index in [1.54, 1.807) is 24.4 Å². The van der Waals surface area contributed by atoms with Crippen LogP contribution < -0.4 is 0 Å². The molecular formula is C18H24FN3O3S.